The number of hydrogen-bond acceptors (Lipinski definition) is 1. The van der Waals surface area contributed by atoms with Crippen LogP contribution in [0.3, 0.4) is 0 Å². The van der Waals surface area contributed by atoms with Crippen molar-refractivity contribution in [3.05, 3.63) is 23.5 Å². The predicted octanol–water partition coefficient (Wildman–Crippen LogP) is 2.76. The molecule has 1 aromatic rings. The second kappa shape index (κ2) is 3.86. The number of nitrogens with one attached hydrogen (secondary N) is 1. The van der Waals surface area contributed by atoms with Gasteiger partial charge in [0, 0.05) is 11.9 Å². The first-order chi connectivity index (χ1) is 6.79. The van der Waals surface area contributed by atoms with Crippen molar-refractivity contribution in [2.45, 2.75) is 38.0 Å². The molecule has 1 fully saturated rings. The molecule has 0 aromatic carbocycles. The number of aromatic amines is 1. The number of aromatic carboxylic acids is 1. The summed E-state index contributed by atoms with van der Waals surface area (Å²) >= 11 is 0. The molecule has 3 heteroatoms. The number of rotatable bonds is 2. The van der Waals surface area contributed by atoms with Crippen LogP contribution in [0.5, 0.6) is 0 Å². The lowest BCUT2D eigenvalue weighted by molar-refractivity contribution is 0.0695. The van der Waals surface area contributed by atoms with Crippen molar-refractivity contribution in [2.75, 3.05) is 0 Å². The molecule has 0 atom stereocenters. The molecule has 3 nitrogen and oxygen atoms in total. The summed E-state index contributed by atoms with van der Waals surface area (Å²) in [5.41, 5.74) is 1.38. The van der Waals surface area contributed by atoms with Gasteiger partial charge in [-0.15, -0.1) is 0 Å². The second-order valence-electron chi connectivity index (χ2n) is 3.95. The van der Waals surface area contributed by atoms with Crippen LogP contribution in [0.4, 0.5) is 0 Å². The molecule has 76 valence electrons. The third kappa shape index (κ3) is 1.67. The van der Waals surface area contributed by atoms with Gasteiger partial charge in [0.25, 0.3) is 0 Å². The number of carboxylic acid groups (broad SMARTS) is 1. The van der Waals surface area contributed by atoms with Crippen molar-refractivity contribution >= 4 is 5.97 Å². The van der Waals surface area contributed by atoms with Crippen LogP contribution in [0.15, 0.2) is 12.3 Å². The van der Waals surface area contributed by atoms with Gasteiger partial charge in [0.15, 0.2) is 0 Å². The predicted molar refractivity (Wildman–Crippen MR) is 53.6 cm³/mol. The zero-order valence-electron chi connectivity index (χ0n) is 8.12. The maximum Gasteiger partial charge on any atom is 0.337 e. The van der Waals surface area contributed by atoms with E-state index >= 15 is 0 Å². The van der Waals surface area contributed by atoms with E-state index < -0.39 is 5.97 Å². The summed E-state index contributed by atoms with van der Waals surface area (Å²) in [7, 11) is 0. The Labute approximate surface area is 83.1 Å². The summed E-state index contributed by atoms with van der Waals surface area (Å²) in [6.07, 6.45) is 7.72. The number of aromatic nitrogens is 1. The van der Waals surface area contributed by atoms with Crippen LogP contribution >= 0.6 is 0 Å². The van der Waals surface area contributed by atoms with Gasteiger partial charge in [0.2, 0.25) is 0 Å². The lowest BCUT2D eigenvalue weighted by Crippen LogP contribution is -2.09. The fourth-order valence-corrected chi connectivity index (χ4v) is 2.30. The van der Waals surface area contributed by atoms with Gasteiger partial charge in [-0.1, -0.05) is 19.3 Å². The highest BCUT2D eigenvalue weighted by atomic mass is 16.4. The summed E-state index contributed by atoms with van der Waals surface area (Å²) in [5, 5.41) is 8.97. The summed E-state index contributed by atoms with van der Waals surface area (Å²) in [6, 6.07) is 1.66. The standard InChI is InChI=1S/C11H15NO2/c13-11(14)9-6-7-12-10(9)8-4-2-1-3-5-8/h6-8,12H,1-5H2,(H,13,14). The van der Waals surface area contributed by atoms with E-state index in [0.717, 1.165) is 18.5 Å². The van der Waals surface area contributed by atoms with E-state index in [1.807, 2.05) is 0 Å². The topological polar surface area (TPSA) is 53.1 Å². The Morgan fingerprint density at radius 2 is 2.07 bits per heavy atom. The minimum atomic E-state index is -0.813. The quantitative estimate of drug-likeness (QED) is 0.758. The highest BCUT2D eigenvalue weighted by molar-refractivity contribution is 5.89. The van der Waals surface area contributed by atoms with E-state index in [4.69, 9.17) is 5.11 Å². The third-order valence-corrected chi connectivity index (χ3v) is 3.02. The average Bonchev–Trinajstić information content (AvgIpc) is 2.67. The van der Waals surface area contributed by atoms with Crippen LogP contribution in [0.2, 0.25) is 0 Å². The normalized spacial score (nSPS) is 18.3. The second-order valence-corrected chi connectivity index (χ2v) is 3.95. The first-order valence-electron chi connectivity index (χ1n) is 5.19. The van der Waals surface area contributed by atoms with E-state index in [9.17, 15) is 4.79 Å². The SMILES string of the molecule is O=C(O)c1cc[nH]c1C1CCCCC1. The minimum Gasteiger partial charge on any atom is -0.478 e. The van der Waals surface area contributed by atoms with Crippen LogP contribution < -0.4 is 0 Å². The van der Waals surface area contributed by atoms with E-state index in [1.165, 1.54) is 19.3 Å². The Bertz CT molecular complexity index is 324. The summed E-state index contributed by atoms with van der Waals surface area (Å²) < 4.78 is 0. The molecular formula is C11H15NO2. The highest BCUT2D eigenvalue weighted by Crippen LogP contribution is 2.33. The lowest BCUT2D eigenvalue weighted by Gasteiger charge is -2.21. The molecule has 0 radical (unpaired) electrons. The smallest absolute Gasteiger partial charge is 0.337 e. The molecular weight excluding hydrogens is 178 g/mol. The lowest BCUT2D eigenvalue weighted by atomic mass is 9.85. The molecule has 0 saturated heterocycles. The fraction of sp³-hybridized carbons (Fsp3) is 0.545. The summed E-state index contributed by atoms with van der Waals surface area (Å²) in [4.78, 5) is 14.0. The van der Waals surface area contributed by atoms with Crippen LogP contribution in [0.1, 0.15) is 54.1 Å². The van der Waals surface area contributed by atoms with Crippen LogP contribution in [-0.2, 0) is 0 Å². The van der Waals surface area contributed by atoms with Crippen molar-refractivity contribution in [2.24, 2.45) is 0 Å². The Morgan fingerprint density at radius 3 is 2.71 bits per heavy atom. The Kier molecular flexibility index (Phi) is 2.57. The van der Waals surface area contributed by atoms with Crippen molar-refractivity contribution in [3.8, 4) is 0 Å². The first kappa shape index (κ1) is 9.31. The molecule has 1 saturated carbocycles. The molecule has 0 amide bonds. The molecule has 1 aliphatic carbocycles. The number of carboxylic acids is 1. The number of hydrogen-bond donors (Lipinski definition) is 2. The van der Waals surface area contributed by atoms with Gasteiger partial charge in [-0.3, -0.25) is 0 Å². The van der Waals surface area contributed by atoms with Crippen LogP contribution in [0, 0.1) is 0 Å². The van der Waals surface area contributed by atoms with Crippen molar-refractivity contribution in [3.63, 3.8) is 0 Å². The van der Waals surface area contributed by atoms with E-state index in [1.54, 1.807) is 12.3 Å². The van der Waals surface area contributed by atoms with E-state index in [-0.39, 0.29) is 0 Å². The van der Waals surface area contributed by atoms with E-state index in [2.05, 4.69) is 4.98 Å². The van der Waals surface area contributed by atoms with Crippen molar-refractivity contribution in [1.29, 1.82) is 0 Å². The maximum atomic E-state index is 10.9. The fourth-order valence-electron chi connectivity index (χ4n) is 2.30. The molecule has 0 bridgehead atoms. The molecule has 1 aromatic heterocycles. The Morgan fingerprint density at radius 1 is 1.36 bits per heavy atom. The number of H-pyrrole nitrogens is 1. The Hall–Kier alpha value is -1.25. The third-order valence-electron chi connectivity index (χ3n) is 3.02. The maximum absolute atomic E-state index is 10.9. The zero-order chi connectivity index (χ0) is 9.97. The minimum absolute atomic E-state index is 0.435. The van der Waals surface area contributed by atoms with Crippen molar-refractivity contribution in [1.82, 2.24) is 4.98 Å². The summed E-state index contributed by atoms with van der Waals surface area (Å²) in [5.74, 6) is -0.378. The zero-order valence-corrected chi connectivity index (χ0v) is 8.12. The average molecular weight is 193 g/mol. The van der Waals surface area contributed by atoms with E-state index in [0.29, 0.717) is 11.5 Å². The molecule has 0 unspecified atom stereocenters. The summed E-state index contributed by atoms with van der Waals surface area (Å²) in [6.45, 7) is 0. The highest BCUT2D eigenvalue weighted by Gasteiger charge is 2.21. The van der Waals surface area contributed by atoms with Gasteiger partial charge in [0.05, 0.1) is 5.56 Å². The monoisotopic (exact) mass is 193 g/mol. The largest absolute Gasteiger partial charge is 0.478 e. The van der Waals surface area contributed by atoms with Gasteiger partial charge in [-0.2, -0.15) is 0 Å². The van der Waals surface area contributed by atoms with Gasteiger partial charge in [0.1, 0.15) is 0 Å². The first-order valence-corrected chi connectivity index (χ1v) is 5.19. The molecule has 2 rings (SSSR count). The Balaban J connectivity index is 2.21. The van der Waals surface area contributed by atoms with Gasteiger partial charge in [-0.05, 0) is 24.8 Å². The van der Waals surface area contributed by atoms with Crippen LogP contribution in [0.25, 0.3) is 0 Å². The van der Waals surface area contributed by atoms with Crippen LogP contribution in [-0.4, -0.2) is 16.1 Å². The molecule has 14 heavy (non-hydrogen) atoms. The number of carbonyl (C=O) groups is 1. The van der Waals surface area contributed by atoms with Gasteiger partial charge < -0.3 is 10.1 Å². The molecule has 0 spiro atoms. The van der Waals surface area contributed by atoms with Gasteiger partial charge in [-0.25, -0.2) is 4.79 Å². The molecule has 0 aliphatic heterocycles. The molecule has 2 N–H and O–H groups in total. The molecule has 1 aliphatic rings. The molecule has 1 heterocycles. The van der Waals surface area contributed by atoms with Gasteiger partial charge >= 0.3 is 5.97 Å². The van der Waals surface area contributed by atoms with Crippen molar-refractivity contribution < 1.29 is 9.90 Å².